The molecule has 1 saturated heterocycles. The Morgan fingerprint density at radius 3 is 2.81 bits per heavy atom. The maximum absolute atomic E-state index is 13.2. The van der Waals surface area contributed by atoms with Gasteiger partial charge in [0.1, 0.15) is 17.6 Å². The third-order valence-electron chi connectivity index (χ3n) is 6.48. The van der Waals surface area contributed by atoms with Crippen LogP contribution in [-0.2, 0) is 22.6 Å². The Bertz CT molecular complexity index is 1380. The maximum Gasteiger partial charge on any atom is 0.295 e. The van der Waals surface area contributed by atoms with Crippen molar-refractivity contribution >= 4 is 23.1 Å². The predicted molar refractivity (Wildman–Crippen MR) is 129 cm³/mol. The number of imidazole rings is 1. The summed E-state index contributed by atoms with van der Waals surface area (Å²) in [4.78, 5) is 42.6. The summed E-state index contributed by atoms with van der Waals surface area (Å²) in [5.74, 6) is -1.17. The summed E-state index contributed by atoms with van der Waals surface area (Å²) in [6.07, 6.45) is 6.28. The lowest BCUT2D eigenvalue weighted by Gasteiger charge is -2.25. The van der Waals surface area contributed by atoms with Crippen LogP contribution in [0.3, 0.4) is 0 Å². The van der Waals surface area contributed by atoms with Gasteiger partial charge in [-0.1, -0.05) is 12.1 Å². The topological polar surface area (TPSA) is 128 Å². The van der Waals surface area contributed by atoms with Crippen molar-refractivity contribution in [2.75, 3.05) is 6.54 Å². The second-order valence-corrected chi connectivity index (χ2v) is 8.95. The summed E-state index contributed by atoms with van der Waals surface area (Å²) in [7, 11) is 0. The van der Waals surface area contributed by atoms with Crippen LogP contribution in [0.15, 0.2) is 66.8 Å². The molecule has 36 heavy (non-hydrogen) atoms. The standard InChI is InChI=1S/C26H24N4O6/c1-16-12-19-13-18(6-7-21(19)36-16)24(31)22-23(17-4-2-5-20(14-17)30(34)35)29(26(33)25(22)32)10-3-9-28-11-8-27-15-28/h2,4-8,11,13-16,23,31H,3,9-10,12H2,1H3/t16-,23+/m1/s1. The van der Waals surface area contributed by atoms with E-state index in [1.54, 1.807) is 43.0 Å². The molecule has 0 radical (unpaired) electrons. The van der Waals surface area contributed by atoms with E-state index in [0.717, 1.165) is 5.56 Å². The number of benzene rings is 2. The number of amides is 1. The third-order valence-corrected chi connectivity index (χ3v) is 6.48. The molecule has 2 aromatic carbocycles. The average molecular weight is 489 g/mol. The lowest BCUT2D eigenvalue weighted by molar-refractivity contribution is -0.384. The zero-order valence-corrected chi connectivity index (χ0v) is 19.5. The minimum Gasteiger partial charge on any atom is -0.507 e. The number of carbonyl (C=O) groups is 2. The highest BCUT2D eigenvalue weighted by Crippen LogP contribution is 2.41. The fraction of sp³-hybridized carbons (Fsp3) is 0.269. The first-order valence-electron chi connectivity index (χ1n) is 11.6. The number of rotatable bonds is 7. The summed E-state index contributed by atoms with van der Waals surface area (Å²) in [5, 5.41) is 22.7. The number of ketones is 1. The Kier molecular flexibility index (Phi) is 6.01. The summed E-state index contributed by atoms with van der Waals surface area (Å²) >= 11 is 0. The van der Waals surface area contributed by atoms with Crippen molar-refractivity contribution < 1.29 is 24.4 Å². The second kappa shape index (κ2) is 9.29. The number of aromatic nitrogens is 2. The normalized spacial score (nSPS) is 20.4. The number of aryl methyl sites for hydroxylation is 1. The largest absolute Gasteiger partial charge is 0.507 e. The van der Waals surface area contributed by atoms with Crippen LogP contribution in [0, 0.1) is 10.1 Å². The monoisotopic (exact) mass is 488 g/mol. The number of nitro benzene ring substituents is 1. The van der Waals surface area contributed by atoms with Gasteiger partial charge in [0.15, 0.2) is 0 Å². The molecule has 3 heterocycles. The number of hydrogen-bond donors (Lipinski definition) is 1. The molecular formula is C26H24N4O6. The highest BCUT2D eigenvalue weighted by atomic mass is 16.6. The fourth-order valence-electron chi connectivity index (χ4n) is 4.83. The lowest BCUT2D eigenvalue weighted by atomic mass is 9.94. The van der Waals surface area contributed by atoms with Gasteiger partial charge < -0.3 is 19.3 Å². The molecule has 0 unspecified atom stereocenters. The minimum absolute atomic E-state index is 0.00309. The zero-order chi connectivity index (χ0) is 25.4. The van der Waals surface area contributed by atoms with E-state index in [-0.39, 0.29) is 29.7 Å². The van der Waals surface area contributed by atoms with Gasteiger partial charge in [-0.2, -0.15) is 0 Å². The Balaban J connectivity index is 1.56. The molecule has 2 aliphatic heterocycles. The molecule has 1 N–H and O–H groups in total. The van der Waals surface area contributed by atoms with Gasteiger partial charge in [0.25, 0.3) is 17.4 Å². The number of non-ortho nitro benzene ring substituents is 1. The van der Waals surface area contributed by atoms with Crippen molar-refractivity contribution in [2.24, 2.45) is 0 Å². The fourth-order valence-corrected chi connectivity index (χ4v) is 4.83. The van der Waals surface area contributed by atoms with Crippen molar-refractivity contribution in [3.63, 3.8) is 0 Å². The molecule has 5 rings (SSSR count). The number of nitro groups is 1. The number of aliphatic hydroxyl groups is 1. The second-order valence-electron chi connectivity index (χ2n) is 8.95. The van der Waals surface area contributed by atoms with Crippen LogP contribution in [0.1, 0.15) is 36.1 Å². The molecule has 0 bridgehead atoms. The number of Topliss-reactive ketones (excluding diaryl/α,β-unsaturated/α-hetero) is 1. The van der Waals surface area contributed by atoms with Crippen LogP contribution in [0.2, 0.25) is 0 Å². The van der Waals surface area contributed by atoms with E-state index in [1.807, 2.05) is 11.5 Å². The predicted octanol–water partition coefficient (Wildman–Crippen LogP) is 3.63. The van der Waals surface area contributed by atoms with E-state index < -0.39 is 22.7 Å². The van der Waals surface area contributed by atoms with Crippen LogP contribution in [0.4, 0.5) is 5.69 Å². The first-order chi connectivity index (χ1) is 17.3. The molecule has 0 spiro atoms. The van der Waals surface area contributed by atoms with Gasteiger partial charge in [-0.25, -0.2) is 4.98 Å². The van der Waals surface area contributed by atoms with Crippen molar-refractivity contribution in [1.29, 1.82) is 0 Å². The summed E-state index contributed by atoms with van der Waals surface area (Å²) in [6.45, 7) is 2.72. The van der Waals surface area contributed by atoms with Crippen LogP contribution < -0.4 is 4.74 Å². The van der Waals surface area contributed by atoms with Crippen LogP contribution in [0.5, 0.6) is 5.75 Å². The minimum atomic E-state index is -0.962. The molecule has 10 nitrogen and oxygen atoms in total. The maximum atomic E-state index is 13.2. The van der Waals surface area contributed by atoms with E-state index in [4.69, 9.17) is 4.74 Å². The number of ether oxygens (including phenoxy) is 1. The van der Waals surface area contributed by atoms with Crippen LogP contribution in [-0.4, -0.2) is 48.8 Å². The Hall–Kier alpha value is -4.47. The summed E-state index contributed by atoms with van der Waals surface area (Å²) < 4.78 is 7.58. The molecule has 1 aromatic heterocycles. The Morgan fingerprint density at radius 2 is 2.06 bits per heavy atom. The molecule has 184 valence electrons. The van der Waals surface area contributed by atoms with E-state index in [9.17, 15) is 24.8 Å². The average Bonchev–Trinajstić information content (AvgIpc) is 3.57. The van der Waals surface area contributed by atoms with Gasteiger partial charge in [0, 0.05) is 49.6 Å². The number of nitrogens with zero attached hydrogens (tertiary/aromatic N) is 4. The number of hydrogen-bond acceptors (Lipinski definition) is 7. The van der Waals surface area contributed by atoms with Gasteiger partial charge in [0.2, 0.25) is 0 Å². The van der Waals surface area contributed by atoms with Gasteiger partial charge >= 0.3 is 0 Å². The van der Waals surface area contributed by atoms with E-state index >= 15 is 0 Å². The van der Waals surface area contributed by atoms with E-state index in [2.05, 4.69) is 4.98 Å². The van der Waals surface area contributed by atoms with Crippen molar-refractivity contribution in [1.82, 2.24) is 14.5 Å². The highest BCUT2D eigenvalue weighted by Gasteiger charge is 2.46. The zero-order valence-electron chi connectivity index (χ0n) is 19.5. The number of fused-ring (bicyclic) bond motifs is 1. The molecule has 0 saturated carbocycles. The Labute approximate surface area is 206 Å². The smallest absolute Gasteiger partial charge is 0.295 e. The van der Waals surface area contributed by atoms with Gasteiger partial charge in [0.05, 0.1) is 22.9 Å². The number of likely N-dealkylation sites (tertiary alicyclic amines) is 1. The van der Waals surface area contributed by atoms with Crippen molar-refractivity contribution in [3.05, 3.63) is 93.6 Å². The first-order valence-corrected chi connectivity index (χ1v) is 11.6. The molecular weight excluding hydrogens is 464 g/mol. The van der Waals surface area contributed by atoms with E-state index in [0.29, 0.717) is 36.3 Å². The molecule has 10 heteroatoms. The lowest BCUT2D eigenvalue weighted by Crippen LogP contribution is -2.31. The summed E-state index contributed by atoms with van der Waals surface area (Å²) in [6, 6.07) is 9.98. The SMILES string of the molecule is C[C@@H]1Cc2cc(C(O)=C3C(=O)C(=O)N(CCCn4ccnc4)[C@H]3c3cccc([N+](=O)[O-])c3)ccc2O1. The van der Waals surface area contributed by atoms with Crippen LogP contribution in [0.25, 0.3) is 5.76 Å². The van der Waals surface area contributed by atoms with Crippen LogP contribution >= 0.6 is 0 Å². The van der Waals surface area contributed by atoms with Crippen molar-refractivity contribution in [2.45, 2.75) is 38.5 Å². The molecule has 1 amide bonds. The van der Waals surface area contributed by atoms with Gasteiger partial charge in [-0.05, 0) is 42.7 Å². The summed E-state index contributed by atoms with van der Waals surface area (Å²) in [5.41, 5.74) is 1.41. The first kappa shape index (κ1) is 23.3. The molecule has 2 aliphatic rings. The molecule has 2 atom stereocenters. The molecule has 3 aromatic rings. The number of carbonyl (C=O) groups excluding carboxylic acids is 2. The van der Waals surface area contributed by atoms with Crippen molar-refractivity contribution in [3.8, 4) is 5.75 Å². The van der Waals surface area contributed by atoms with Gasteiger partial charge in [-0.15, -0.1) is 0 Å². The Morgan fingerprint density at radius 1 is 1.22 bits per heavy atom. The third kappa shape index (κ3) is 4.21. The highest BCUT2D eigenvalue weighted by molar-refractivity contribution is 6.46. The molecule has 1 fully saturated rings. The quantitative estimate of drug-likeness (QED) is 0.177. The van der Waals surface area contributed by atoms with E-state index in [1.165, 1.54) is 23.1 Å². The molecule has 0 aliphatic carbocycles. The number of aliphatic hydroxyl groups excluding tert-OH is 1. The van der Waals surface area contributed by atoms with Gasteiger partial charge in [-0.3, -0.25) is 19.7 Å².